The molecule has 1 aliphatic rings. The van der Waals surface area contributed by atoms with Crippen LogP contribution in [0.3, 0.4) is 0 Å². The van der Waals surface area contributed by atoms with Gasteiger partial charge in [0.25, 0.3) is 0 Å². The van der Waals surface area contributed by atoms with Gasteiger partial charge in [0.2, 0.25) is 9.84 Å². The van der Waals surface area contributed by atoms with Gasteiger partial charge in [-0.2, -0.15) is 0 Å². The first-order valence-corrected chi connectivity index (χ1v) is 6.55. The summed E-state index contributed by atoms with van der Waals surface area (Å²) in [6, 6.07) is 6.51. The summed E-state index contributed by atoms with van der Waals surface area (Å²) in [6.07, 6.45) is 1.29. The summed E-state index contributed by atoms with van der Waals surface area (Å²) < 4.78 is 28.1. The summed E-state index contributed by atoms with van der Waals surface area (Å²) in [5.41, 5.74) is 0.704. The van der Waals surface area contributed by atoms with Crippen molar-refractivity contribution in [1.82, 2.24) is 0 Å². The Balaban J connectivity index is 2.58. The van der Waals surface area contributed by atoms with Crippen molar-refractivity contribution >= 4 is 21.4 Å². The zero-order chi connectivity index (χ0) is 13.3. The SMILES string of the molecule is COc1ccc(C2=C(C(=O)O)S(=O)(=O)C=C2)cc1. The van der Waals surface area contributed by atoms with Gasteiger partial charge in [0.05, 0.1) is 7.11 Å². The van der Waals surface area contributed by atoms with E-state index in [0.29, 0.717) is 11.3 Å². The molecule has 0 bridgehead atoms. The molecule has 6 heteroatoms. The first kappa shape index (κ1) is 12.4. The molecule has 1 aliphatic heterocycles. The zero-order valence-electron chi connectivity index (χ0n) is 9.45. The predicted octanol–water partition coefficient (Wildman–Crippen LogP) is 1.43. The van der Waals surface area contributed by atoms with Crippen molar-refractivity contribution in [3.63, 3.8) is 0 Å². The Morgan fingerprint density at radius 1 is 1.22 bits per heavy atom. The highest BCUT2D eigenvalue weighted by atomic mass is 32.2. The lowest BCUT2D eigenvalue weighted by molar-refractivity contribution is -0.131. The van der Waals surface area contributed by atoms with Crippen LogP contribution in [0.25, 0.3) is 5.57 Å². The zero-order valence-corrected chi connectivity index (χ0v) is 10.3. The summed E-state index contributed by atoms with van der Waals surface area (Å²) in [7, 11) is -2.32. The summed E-state index contributed by atoms with van der Waals surface area (Å²) >= 11 is 0. The highest BCUT2D eigenvalue weighted by Gasteiger charge is 2.30. The molecular weight excluding hydrogens is 256 g/mol. The van der Waals surface area contributed by atoms with Gasteiger partial charge in [0.1, 0.15) is 5.75 Å². The number of rotatable bonds is 3. The van der Waals surface area contributed by atoms with E-state index in [-0.39, 0.29) is 5.57 Å². The average Bonchev–Trinajstić information content (AvgIpc) is 2.65. The van der Waals surface area contributed by atoms with Crippen LogP contribution in [0.2, 0.25) is 0 Å². The first-order chi connectivity index (χ1) is 8.45. The predicted molar refractivity (Wildman–Crippen MR) is 65.6 cm³/mol. The van der Waals surface area contributed by atoms with Crippen LogP contribution in [0.5, 0.6) is 5.75 Å². The number of carboxylic acid groups (broad SMARTS) is 1. The molecule has 18 heavy (non-hydrogen) atoms. The van der Waals surface area contributed by atoms with Crippen molar-refractivity contribution in [1.29, 1.82) is 0 Å². The Morgan fingerprint density at radius 2 is 1.83 bits per heavy atom. The molecule has 0 radical (unpaired) electrons. The lowest BCUT2D eigenvalue weighted by atomic mass is 10.1. The maximum absolute atomic E-state index is 11.6. The second-order valence-electron chi connectivity index (χ2n) is 3.62. The minimum Gasteiger partial charge on any atom is -0.497 e. The number of sulfone groups is 1. The lowest BCUT2D eigenvalue weighted by Crippen LogP contribution is -2.09. The number of carboxylic acids is 1. The van der Waals surface area contributed by atoms with Gasteiger partial charge in [-0.25, -0.2) is 13.2 Å². The molecular formula is C12H10O5S. The Morgan fingerprint density at radius 3 is 2.33 bits per heavy atom. The number of methoxy groups -OCH3 is 1. The van der Waals surface area contributed by atoms with Gasteiger partial charge in [0.15, 0.2) is 4.91 Å². The largest absolute Gasteiger partial charge is 0.497 e. The molecule has 5 nitrogen and oxygen atoms in total. The molecule has 0 aliphatic carbocycles. The Labute approximate surface area is 104 Å². The lowest BCUT2D eigenvalue weighted by Gasteiger charge is -2.04. The third-order valence-electron chi connectivity index (χ3n) is 2.54. The van der Waals surface area contributed by atoms with Crippen LogP contribution in [-0.4, -0.2) is 26.6 Å². The highest BCUT2D eigenvalue weighted by Crippen LogP contribution is 2.31. The fraction of sp³-hybridized carbons (Fsp3) is 0.0833. The van der Waals surface area contributed by atoms with E-state index in [4.69, 9.17) is 9.84 Å². The third-order valence-corrected chi connectivity index (χ3v) is 4.00. The summed E-state index contributed by atoms with van der Waals surface area (Å²) in [5.74, 6) is -0.841. The molecule has 0 amide bonds. The highest BCUT2D eigenvalue weighted by molar-refractivity contribution is 7.99. The number of benzene rings is 1. The summed E-state index contributed by atoms with van der Waals surface area (Å²) in [4.78, 5) is 10.4. The molecule has 0 fully saturated rings. The van der Waals surface area contributed by atoms with Gasteiger partial charge < -0.3 is 9.84 Å². The van der Waals surface area contributed by atoms with E-state index in [2.05, 4.69) is 0 Å². The molecule has 1 N–H and O–H groups in total. The van der Waals surface area contributed by atoms with E-state index in [9.17, 15) is 13.2 Å². The molecule has 94 valence electrons. The molecule has 1 aromatic rings. The van der Waals surface area contributed by atoms with Crippen LogP contribution in [0.4, 0.5) is 0 Å². The number of hydrogen-bond acceptors (Lipinski definition) is 4. The summed E-state index contributed by atoms with van der Waals surface area (Å²) in [5, 5.41) is 9.88. The number of ether oxygens (including phenoxy) is 1. The minimum atomic E-state index is -3.83. The monoisotopic (exact) mass is 266 g/mol. The Bertz CT molecular complexity index is 650. The van der Waals surface area contributed by atoms with Crippen LogP contribution >= 0.6 is 0 Å². The molecule has 1 aromatic carbocycles. The van der Waals surface area contributed by atoms with E-state index in [1.165, 1.54) is 13.2 Å². The maximum Gasteiger partial charge on any atom is 0.348 e. The van der Waals surface area contributed by atoms with E-state index < -0.39 is 20.7 Å². The fourth-order valence-electron chi connectivity index (χ4n) is 1.69. The van der Waals surface area contributed by atoms with E-state index >= 15 is 0 Å². The number of carbonyl (C=O) groups is 1. The number of hydrogen-bond donors (Lipinski definition) is 1. The molecule has 0 saturated heterocycles. The molecule has 0 aromatic heterocycles. The maximum atomic E-state index is 11.6. The van der Waals surface area contributed by atoms with Crippen LogP contribution in [0, 0.1) is 0 Å². The van der Waals surface area contributed by atoms with E-state index in [1.807, 2.05) is 0 Å². The van der Waals surface area contributed by atoms with Crippen LogP contribution in [-0.2, 0) is 14.6 Å². The van der Waals surface area contributed by atoms with Crippen molar-refractivity contribution in [2.24, 2.45) is 0 Å². The molecule has 1 heterocycles. The Hall–Kier alpha value is -2.08. The third kappa shape index (κ3) is 2.02. The first-order valence-electron chi connectivity index (χ1n) is 5.01. The van der Waals surface area contributed by atoms with Crippen molar-refractivity contribution in [3.8, 4) is 5.75 Å². The molecule has 0 spiro atoms. The van der Waals surface area contributed by atoms with Gasteiger partial charge in [-0.05, 0) is 23.8 Å². The smallest absolute Gasteiger partial charge is 0.348 e. The number of allylic oxidation sites excluding steroid dienone is 2. The second kappa shape index (κ2) is 4.30. The van der Waals surface area contributed by atoms with Crippen molar-refractivity contribution in [2.75, 3.05) is 7.11 Å². The van der Waals surface area contributed by atoms with Gasteiger partial charge in [-0.15, -0.1) is 0 Å². The van der Waals surface area contributed by atoms with Gasteiger partial charge in [0, 0.05) is 11.0 Å². The number of aliphatic carboxylic acids is 1. The molecule has 2 rings (SSSR count). The topological polar surface area (TPSA) is 80.7 Å². The molecule has 0 atom stereocenters. The molecule has 0 saturated carbocycles. The van der Waals surface area contributed by atoms with Crippen LogP contribution < -0.4 is 4.74 Å². The van der Waals surface area contributed by atoms with Gasteiger partial charge in [-0.1, -0.05) is 12.1 Å². The normalized spacial score (nSPS) is 16.9. The van der Waals surface area contributed by atoms with Crippen molar-refractivity contribution in [3.05, 3.63) is 46.2 Å². The van der Waals surface area contributed by atoms with Crippen LogP contribution in [0.1, 0.15) is 5.56 Å². The van der Waals surface area contributed by atoms with Crippen molar-refractivity contribution < 1.29 is 23.1 Å². The summed E-state index contributed by atoms with van der Waals surface area (Å²) in [6.45, 7) is 0. The van der Waals surface area contributed by atoms with Crippen molar-refractivity contribution in [2.45, 2.75) is 0 Å². The quantitative estimate of drug-likeness (QED) is 0.895. The van der Waals surface area contributed by atoms with Gasteiger partial charge >= 0.3 is 5.97 Å². The van der Waals surface area contributed by atoms with E-state index in [0.717, 1.165) is 5.41 Å². The van der Waals surface area contributed by atoms with Crippen LogP contribution in [0.15, 0.2) is 40.7 Å². The van der Waals surface area contributed by atoms with Gasteiger partial charge in [-0.3, -0.25) is 0 Å². The van der Waals surface area contributed by atoms with E-state index in [1.54, 1.807) is 24.3 Å². The average molecular weight is 266 g/mol. The second-order valence-corrected chi connectivity index (χ2v) is 5.39. The standard InChI is InChI=1S/C12H10O5S/c1-17-9-4-2-8(3-5-9)10-6-7-18(15,16)11(10)12(13)14/h2-7H,1H3,(H,13,14). The fourth-order valence-corrected chi connectivity index (χ4v) is 2.88. The Kier molecular flexibility index (Phi) is 2.96. The molecule has 0 unspecified atom stereocenters. The minimum absolute atomic E-state index is 0.185.